The molecule has 5 heteroatoms. The van der Waals surface area contributed by atoms with E-state index in [9.17, 15) is 9.59 Å². The number of pyridine rings is 1. The number of benzene rings is 2. The van der Waals surface area contributed by atoms with Gasteiger partial charge in [-0.15, -0.1) is 0 Å². The van der Waals surface area contributed by atoms with Gasteiger partial charge in [-0.3, -0.25) is 4.79 Å². The van der Waals surface area contributed by atoms with E-state index in [2.05, 4.69) is 29.7 Å². The van der Waals surface area contributed by atoms with E-state index in [4.69, 9.17) is 0 Å². The van der Waals surface area contributed by atoms with E-state index in [1.54, 1.807) is 22.9 Å². The molecule has 0 radical (unpaired) electrons. The SMILES string of the molecule is Cc1ccccc1CCNC(=O)NCc1ccc(Cn2ccccc2=O)cc1. The molecule has 3 rings (SSSR count). The number of aromatic nitrogens is 1. The fourth-order valence-corrected chi connectivity index (χ4v) is 3.00. The van der Waals surface area contributed by atoms with E-state index >= 15 is 0 Å². The molecule has 0 unspecified atom stereocenters. The number of hydrogen-bond donors (Lipinski definition) is 2. The Bertz CT molecular complexity index is 977. The Morgan fingerprint density at radius 2 is 1.61 bits per heavy atom. The number of hydrogen-bond acceptors (Lipinski definition) is 2. The van der Waals surface area contributed by atoms with E-state index in [-0.39, 0.29) is 11.6 Å². The molecule has 5 nitrogen and oxygen atoms in total. The van der Waals surface area contributed by atoms with Gasteiger partial charge in [-0.1, -0.05) is 54.6 Å². The van der Waals surface area contributed by atoms with Gasteiger partial charge in [0.05, 0.1) is 6.54 Å². The maximum absolute atomic E-state index is 12.0. The topological polar surface area (TPSA) is 63.1 Å². The Morgan fingerprint density at radius 1 is 0.893 bits per heavy atom. The van der Waals surface area contributed by atoms with Crippen LogP contribution in [0.2, 0.25) is 0 Å². The Balaban J connectivity index is 1.43. The van der Waals surface area contributed by atoms with Crippen LogP contribution in [0.25, 0.3) is 0 Å². The first kappa shape index (κ1) is 19.4. The van der Waals surface area contributed by atoms with Crippen LogP contribution in [0.1, 0.15) is 22.3 Å². The molecule has 2 N–H and O–H groups in total. The number of carbonyl (C=O) groups is 1. The van der Waals surface area contributed by atoms with Crippen molar-refractivity contribution in [3.63, 3.8) is 0 Å². The van der Waals surface area contributed by atoms with Crippen molar-refractivity contribution in [2.24, 2.45) is 0 Å². The third kappa shape index (κ3) is 5.58. The zero-order valence-corrected chi connectivity index (χ0v) is 16.0. The summed E-state index contributed by atoms with van der Waals surface area (Å²) in [6.07, 6.45) is 2.59. The molecule has 1 aromatic heterocycles. The van der Waals surface area contributed by atoms with Gasteiger partial charge in [-0.05, 0) is 41.7 Å². The second-order valence-corrected chi connectivity index (χ2v) is 6.77. The lowest BCUT2D eigenvalue weighted by molar-refractivity contribution is 0.240. The highest BCUT2D eigenvalue weighted by Crippen LogP contribution is 2.07. The van der Waals surface area contributed by atoms with Crippen LogP contribution in [-0.4, -0.2) is 17.1 Å². The number of amides is 2. The molecule has 2 aromatic carbocycles. The zero-order valence-electron chi connectivity index (χ0n) is 16.0. The normalized spacial score (nSPS) is 10.5. The molecule has 0 bridgehead atoms. The summed E-state index contributed by atoms with van der Waals surface area (Å²) in [5.74, 6) is 0. The highest BCUT2D eigenvalue weighted by atomic mass is 16.2. The minimum absolute atomic E-state index is 0.0180. The maximum atomic E-state index is 12.0. The number of carbonyl (C=O) groups excluding carboxylic acids is 1. The van der Waals surface area contributed by atoms with Gasteiger partial charge in [0.15, 0.2) is 0 Å². The summed E-state index contributed by atoms with van der Waals surface area (Å²) in [5, 5.41) is 5.76. The van der Waals surface area contributed by atoms with Crippen molar-refractivity contribution in [3.05, 3.63) is 106 Å². The highest BCUT2D eigenvalue weighted by molar-refractivity contribution is 5.73. The first-order valence-electron chi connectivity index (χ1n) is 9.41. The van der Waals surface area contributed by atoms with Crippen LogP contribution in [0.4, 0.5) is 4.79 Å². The third-order valence-corrected chi connectivity index (χ3v) is 4.67. The molecule has 0 aliphatic rings. The van der Waals surface area contributed by atoms with E-state index in [0.717, 1.165) is 17.5 Å². The van der Waals surface area contributed by atoms with Crippen LogP contribution in [0.3, 0.4) is 0 Å². The second-order valence-electron chi connectivity index (χ2n) is 6.77. The minimum Gasteiger partial charge on any atom is -0.338 e. The van der Waals surface area contributed by atoms with E-state index < -0.39 is 0 Å². The number of urea groups is 1. The Hall–Kier alpha value is -3.34. The summed E-state index contributed by atoms with van der Waals surface area (Å²) in [6.45, 7) is 3.67. The summed E-state index contributed by atoms with van der Waals surface area (Å²) in [4.78, 5) is 23.7. The predicted octanol–water partition coefficient (Wildman–Crippen LogP) is 3.25. The molecular formula is C23H25N3O2. The largest absolute Gasteiger partial charge is 0.338 e. The van der Waals surface area contributed by atoms with Crippen LogP contribution in [0.15, 0.2) is 77.7 Å². The third-order valence-electron chi connectivity index (χ3n) is 4.67. The molecule has 0 saturated carbocycles. The van der Waals surface area contributed by atoms with E-state index in [1.165, 1.54) is 11.1 Å². The smallest absolute Gasteiger partial charge is 0.315 e. The monoisotopic (exact) mass is 375 g/mol. The number of rotatable bonds is 7. The molecule has 0 aliphatic carbocycles. The van der Waals surface area contributed by atoms with E-state index in [1.807, 2.05) is 42.5 Å². The molecule has 0 spiro atoms. The molecule has 144 valence electrons. The van der Waals surface area contributed by atoms with Gasteiger partial charge in [0.1, 0.15) is 0 Å². The average molecular weight is 375 g/mol. The highest BCUT2D eigenvalue weighted by Gasteiger charge is 2.03. The molecule has 0 atom stereocenters. The molecule has 0 fully saturated rings. The predicted molar refractivity (Wildman–Crippen MR) is 111 cm³/mol. The molecule has 1 heterocycles. The van der Waals surface area contributed by atoms with Gasteiger partial charge in [-0.25, -0.2) is 4.79 Å². The molecular weight excluding hydrogens is 350 g/mol. The van der Waals surface area contributed by atoms with Crippen molar-refractivity contribution >= 4 is 6.03 Å². The molecule has 3 aromatic rings. The van der Waals surface area contributed by atoms with Crippen LogP contribution in [0.5, 0.6) is 0 Å². The van der Waals surface area contributed by atoms with Gasteiger partial charge in [0.2, 0.25) is 0 Å². The lowest BCUT2D eigenvalue weighted by Crippen LogP contribution is -2.36. The van der Waals surface area contributed by atoms with Crippen molar-refractivity contribution in [1.82, 2.24) is 15.2 Å². The Labute approximate surface area is 165 Å². The minimum atomic E-state index is -0.173. The first-order chi connectivity index (χ1) is 13.6. The average Bonchev–Trinajstić information content (AvgIpc) is 2.71. The van der Waals surface area contributed by atoms with E-state index in [0.29, 0.717) is 19.6 Å². The fourth-order valence-electron chi connectivity index (χ4n) is 3.00. The quantitative estimate of drug-likeness (QED) is 0.666. The lowest BCUT2D eigenvalue weighted by atomic mass is 10.1. The van der Waals surface area contributed by atoms with Gasteiger partial charge in [0, 0.05) is 25.4 Å². The van der Waals surface area contributed by atoms with Crippen LogP contribution in [-0.2, 0) is 19.5 Å². The summed E-state index contributed by atoms with van der Waals surface area (Å²) < 4.78 is 1.66. The summed E-state index contributed by atoms with van der Waals surface area (Å²) in [6, 6.07) is 21.0. The fraction of sp³-hybridized carbons (Fsp3) is 0.217. The molecule has 0 aliphatic heterocycles. The van der Waals surface area contributed by atoms with Crippen molar-refractivity contribution in [1.29, 1.82) is 0 Å². The Morgan fingerprint density at radius 3 is 2.36 bits per heavy atom. The Kier molecular flexibility index (Phi) is 6.63. The summed E-state index contributed by atoms with van der Waals surface area (Å²) in [5.41, 5.74) is 4.52. The number of aryl methyl sites for hydroxylation is 1. The maximum Gasteiger partial charge on any atom is 0.315 e. The first-order valence-corrected chi connectivity index (χ1v) is 9.41. The number of nitrogens with one attached hydrogen (secondary N) is 2. The lowest BCUT2D eigenvalue weighted by Gasteiger charge is -2.10. The zero-order chi connectivity index (χ0) is 19.8. The summed E-state index contributed by atoms with van der Waals surface area (Å²) >= 11 is 0. The number of nitrogens with zero attached hydrogens (tertiary/aromatic N) is 1. The molecule has 2 amide bonds. The van der Waals surface area contributed by atoms with Crippen LogP contribution in [0, 0.1) is 6.92 Å². The molecule has 28 heavy (non-hydrogen) atoms. The van der Waals surface area contributed by atoms with Crippen molar-refractivity contribution in [2.45, 2.75) is 26.4 Å². The standard InChI is InChI=1S/C23H25N3O2/c1-18-6-2-3-7-21(18)13-14-24-23(28)25-16-19-9-11-20(12-10-19)17-26-15-5-4-8-22(26)27/h2-12,15H,13-14,16-17H2,1H3,(H2,24,25,28). The van der Waals surface area contributed by atoms with Gasteiger partial charge in [0.25, 0.3) is 5.56 Å². The van der Waals surface area contributed by atoms with Crippen molar-refractivity contribution in [3.8, 4) is 0 Å². The molecule has 0 saturated heterocycles. The van der Waals surface area contributed by atoms with Crippen molar-refractivity contribution < 1.29 is 4.79 Å². The van der Waals surface area contributed by atoms with Gasteiger partial charge in [-0.2, -0.15) is 0 Å². The van der Waals surface area contributed by atoms with Crippen molar-refractivity contribution in [2.75, 3.05) is 6.54 Å². The second kappa shape index (κ2) is 9.55. The summed E-state index contributed by atoms with van der Waals surface area (Å²) in [7, 11) is 0. The van der Waals surface area contributed by atoms with Gasteiger partial charge < -0.3 is 15.2 Å². The van der Waals surface area contributed by atoms with Crippen LogP contribution < -0.4 is 16.2 Å². The van der Waals surface area contributed by atoms with Crippen LogP contribution >= 0.6 is 0 Å². The van der Waals surface area contributed by atoms with Gasteiger partial charge >= 0.3 is 6.03 Å².